The van der Waals surface area contributed by atoms with Gasteiger partial charge in [0.15, 0.2) is 0 Å². The highest BCUT2D eigenvalue weighted by Gasteiger charge is 2.14. The fraction of sp³-hybridized carbons (Fsp3) is 0.467. The topological polar surface area (TPSA) is 47.3 Å². The average molecular weight is 246 g/mol. The van der Waals surface area contributed by atoms with Crippen molar-refractivity contribution >= 4 is 0 Å². The van der Waals surface area contributed by atoms with Crippen LogP contribution in [0.5, 0.6) is 5.75 Å². The third-order valence-corrected chi connectivity index (χ3v) is 2.91. The molecule has 3 N–H and O–H groups in total. The molecule has 3 nitrogen and oxygen atoms in total. The van der Waals surface area contributed by atoms with E-state index in [1.807, 2.05) is 24.3 Å². The Bertz CT molecular complexity index is 398. The predicted molar refractivity (Wildman–Crippen MR) is 75.5 cm³/mol. The van der Waals surface area contributed by atoms with Crippen LogP contribution in [0.1, 0.15) is 31.4 Å². The van der Waals surface area contributed by atoms with Gasteiger partial charge in [-0.25, -0.2) is 0 Å². The van der Waals surface area contributed by atoms with Crippen LogP contribution in [0, 0.1) is 12.3 Å². The zero-order valence-corrected chi connectivity index (χ0v) is 11.1. The van der Waals surface area contributed by atoms with Gasteiger partial charge in [0.1, 0.15) is 5.75 Å². The van der Waals surface area contributed by atoms with Crippen LogP contribution in [0.15, 0.2) is 24.3 Å². The van der Waals surface area contributed by atoms with Gasteiger partial charge in [0.05, 0.1) is 13.2 Å². The van der Waals surface area contributed by atoms with E-state index >= 15 is 0 Å². The lowest BCUT2D eigenvalue weighted by molar-refractivity contribution is 0.412. The average Bonchev–Trinajstić information content (AvgIpc) is 2.43. The molecule has 0 aliphatic rings. The normalized spacial score (nSPS) is 13.7. The standard InChI is InChI=1S/C15H22N2O/c1-4-7-13(5-2)17-15(11-16)12-8-6-9-14(10-12)18-3/h2,6,8-10,13,15,17H,4,7,11,16H2,1,3H3. The Morgan fingerprint density at radius 3 is 2.83 bits per heavy atom. The van der Waals surface area contributed by atoms with Gasteiger partial charge in [0, 0.05) is 12.6 Å². The molecule has 0 aliphatic carbocycles. The van der Waals surface area contributed by atoms with E-state index in [0.29, 0.717) is 6.54 Å². The maximum atomic E-state index is 5.82. The fourth-order valence-corrected chi connectivity index (χ4v) is 1.90. The second-order valence-corrected chi connectivity index (χ2v) is 4.24. The first kappa shape index (κ1) is 14.6. The lowest BCUT2D eigenvalue weighted by atomic mass is 10.0. The molecule has 0 heterocycles. The molecule has 0 fully saturated rings. The van der Waals surface area contributed by atoms with Crippen LogP contribution in [0.3, 0.4) is 0 Å². The molecule has 0 aliphatic heterocycles. The molecule has 0 radical (unpaired) electrons. The van der Waals surface area contributed by atoms with Crippen molar-refractivity contribution in [2.75, 3.05) is 13.7 Å². The molecule has 2 atom stereocenters. The number of hydrogen-bond donors (Lipinski definition) is 2. The number of nitrogens with two attached hydrogens (primary N) is 1. The predicted octanol–water partition coefficient (Wildman–Crippen LogP) is 2.09. The minimum absolute atomic E-state index is 0.0627. The number of benzene rings is 1. The van der Waals surface area contributed by atoms with Gasteiger partial charge in [0.2, 0.25) is 0 Å². The Balaban J connectivity index is 2.78. The highest BCUT2D eigenvalue weighted by Crippen LogP contribution is 2.19. The maximum Gasteiger partial charge on any atom is 0.119 e. The largest absolute Gasteiger partial charge is 0.497 e. The first-order valence-corrected chi connectivity index (χ1v) is 6.31. The van der Waals surface area contributed by atoms with E-state index in [0.717, 1.165) is 24.2 Å². The molecule has 0 bridgehead atoms. The fourth-order valence-electron chi connectivity index (χ4n) is 1.90. The van der Waals surface area contributed by atoms with Crippen LogP contribution in [0.4, 0.5) is 0 Å². The van der Waals surface area contributed by atoms with E-state index in [2.05, 4.69) is 18.2 Å². The van der Waals surface area contributed by atoms with E-state index in [-0.39, 0.29) is 12.1 Å². The number of methoxy groups -OCH3 is 1. The van der Waals surface area contributed by atoms with Gasteiger partial charge < -0.3 is 10.5 Å². The Morgan fingerprint density at radius 1 is 1.50 bits per heavy atom. The number of ether oxygens (including phenoxy) is 1. The molecule has 1 aromatic rings. The highest BCUT2D eigenvalue weighted by molar-refractivity contribution is 5.31. The minimum atomic E-state index is 0.0627. The van der Waals surface area contributed by atoms with Crippen LogP contribution in [-0.4, -0.2) is 19.7 Å². The van der Waals surface area contributed by atoms with Crippen LogP contribution < -0.4 is 15.8 Å². The second kappa shape index (κ2) is 7.75. The Hall–Kier alpha value is -1.50. The smallest absolute Gasteiger partial charge is 0.119 e. The molecule has 0 amide bonds. The summed E-state index contributed by atoms with van der Waals surface area (Å²) in [5.41, 5.74) is 6.93. The summed E-state index contributed by atoms with van der Waals surface area (Å²) in [4.78, 5) is 0. The molecule has 3 heteroatoms. The van der Waals surface area contributed by atoms with Crippen molar-refractivity contribution in [3.05, 3.63) is 29.8 Å². The van der Waals surface area contributed by atoms with Crippen molar-refractivity contribution in [3.8, 4) is 18.1 Å². The summed E-state index contributed by atoms with van der Waals surface area (Å²) >= 11 is 0. The van der Waals surface area contributed by atoms with Crippen molar-refractivity contribution in [2.24, 2.45) is 5.73 Å². The maximum absolute atomic E-state index is 5.82. The zero-order chi connectivity index (χ0) is 13.4. The monoisotopic (exact) mass is 246 g/mol. The van der Waals surface area contributed by atoms with Crippen molar-refractivity contribution in [1.29, 1.82) is 0 Å². The SMILES string of the molecule is C#CC(CCC)NC(CN)c1cccc(OC)c1. The molecule has 2 unspecified atom stereocenters. The molecule has 98 valence electrons. The summed E-state index contributed by atoms with van der Waals surface area (Å²) in [6, 6.07) is 8.03. The molecule has 0 saturated heterocycles. The summed E-state index contributed by atoms with van der Waals surface area (Å²) in [7, 11) is 1.66. The van der Waals surface area contributed by atoms with Gasteiger partial charge in [0.25, 0.3) is 0 Å². The van der Waals surface area contributed by atoms with Gasteiger partial charge in [-0.1, -0.05) is 31.4 Å². The van der Waals surface area contributed by atoms with Gasteiger partial charge in [-0.15, -0.1) is 6.42 Å². The molecule has 0 aromatic heterocycles. The summed E-state index contributed by atoms with van der Waals surface area (Å²) in [5.74, 6) is 3.60. The molecule has 0 spiro atoms. The van der Waals surface area contributed by atoms with Crippen LogP contribution in [0.25, 0.3) is 0 Å². The van der Waals surface area contributed by atoms with Crippen molar-refractivity contribution in [3.63, 3.8) is 0 Å². The Morgan fingerprint density at radius 2 is 2.28 bits per heavy atom. The zero-order valence-electron chi connectivity index (χ0n) is 11.1. The number of nitrogens with one attached hydrogen (secondary N) is 1. The van der Waals surface area contributed by atoms with Crippen LogP contribution in [0.2, 0.25) is 0 Å². The van der Waals surface area contributed by atoms with E-state index in [1.54, 1.807) is 7.11 Å². The van der Waals surface area contributed by atoms with Crippen molar-refractivity contribution in [2.45, 2.75) is 31.8 Å². The number of hydrogen-bond acceptors (Lipinski definition) is 3. The van der Waals surface area contributed by atoms with Crippen LogP contribution >= 0.6 is 0 Å². The lowest BCUT2D eigenvalue weighted by Gasteiger charge is -2.22. The van der Waals surface area contributed by atoms with E-state index in [1.165, 1.54) is 0 Å². The molecular formula is C15H22N2O. The lowest BCUT2D eigenvalue weighted by Crippen LogP contribution is -2.35. The quantitative estimate of drug-likeness (QED) is 0.724. The third kappa shape index (κ3) is 4.06. The van der Waals surface area contributed by atoms with Gasteiger partial charge in [-0.2, -0.15) is 0 Å². The first-order chi connectivity index (χ1) is 8.74. The summed E-state index contributed by atoms with van der Waals surface area (Å²) < 4.78 is 5.22. The number of rotatable bonds is 7. The molecule has 1 aromatic carbocycles. The third-order valence-electron chi connectivity index (χ3n) is 2.91. The number of terminal acetylenes is 1. The van der Waals surface area contributed by atoms with Gasteiger partial charge in [-0.05, 0) is 24.1 Å². The Kier molecular flexibility index (Phi) is 6.27. The summed E-state index contributed by atoms with van der Waals surface area (Å²) in [6.45, 7) is 2.63. The summed E-state index contributed by atoms with van der Waals surface area (Å²) in [6.07, 6.45) is 7.53. The van der Waals surface area contributed by atoms with E-state index in [9.17, 15) is 0 Å². The molecular weight excluding hydrogens is 224 g/mol. The molecule has 1 rings (SSSR count). The van der Waals surface area contributed by atoms with Crippen LogP contribution in [-0.2, 0) is 0 Å². The minimum Gasteiger partial charge on any atom is -0.497 e. The van der Waals surface area contributed by atoms with Crippen molar-refractivity contribution in [1.82, 2.24) is 5.32 Å². The Labute approximate surface area is 110 Å². The summed E-state index contributed by atoms with van der Waals surface area (Å²) in [5, 5.41) is 3.41. The second-order valence-electron chi connectivity index (χ2n) is 4.24. The molecule has 18 heavy (non-hydrogen) atoms. The highest BCUT2D eigenvalue weighted by atomic mass is 16.5. The van der Waals surface area contributed by atoms with Gasteiger partial charge in [-0.3, -0.25) is 5.32 Å². The van der Waals surface area contributed by atoms with Crippen molar-refractivity contribution < 1.29 is 4.74 Å². The van der Waals surface area contributed by atoms with Gasteiger partial charge >= 0.3 is 0 Å². The first-order valence-electron chi connectivity index (χ1n) is 6.31. The van der Waals surface area contributed by atoms with E-state index in [4.69, 9.17) is 16.9 Å². The van der Waals surface area contributed by atoms with E-state index < -0.39 is 0 Å². The molecule has 0 saturated carbocycles.